The standard InChI is InChI=1S/C8H17N3/c1-9-7-11-5-4-10-8(6-11)2-3-8/h9-10H,2-7H2,1H3. The fourth-order valence-corrected chi connectivity index (χ4v) is 1.89. The van der Waals surface area contributed by atoms with E-state index in [2.05, 4.69) is 15.5 Å². The summed E-state index contributed by atoms with van der Waals surface area (Å²) in [4.78, 5) is 2.49. The Bertz CT molecular complexity index is 140. The molecule has 0 unspecified atom stereocenters. The summed E-state index contributed by atoms with van der Waals surface area (Å²) in [5.41, 5.74) is 0.537. The molecule has 2 fully saturated rings. The second kappa shape index (κ2) is 2.73. The van der Waals surface area contributed by atoms with Gasteiger partial charge >= 0.3 is 0 Å². The minimum Gasteiger partial charge on any atom is -0.309 e. The molecule has 1 aliphatic carbocycles. The van der Waals surface area contributed by atoms with Crippen LogP contribution in [0.15, 0.2) is 0 Å². The van der Waals surface area contributed by atoms with Crippen LogP contribution in [0.4, 0.5) is 0 Å². The Morgan fingerprint density at radius 3 is 3.00 bits per heavy atom. The quantitative estimate of drug-likeness (QED) is 0.568. The predicted molar refractivity (Wildman–Crippen MR) is 45.5 cm³/mol. The van der Waals surface area contributed by atoms with Crippen molar-refractivity contribution in [3.05, 3.63) is 0 Å². The first-order chi connectivity index (χ1) is 5.35. The van der Waals surface area contributed by atoms with E-state index in [-0.39, 0.29) is 0 Å². The maximum Gasteiger partial charge on any atom is 0.0479 e. The Labute approximate surface area is 68.1 Å². The highest BCUT2D eigenvalue weighted by molar-refractivity contribution is 5.06. The van der Waals surface area contributed by atoms with Crippen molar-refractivity contribution in [2.45, 2.75) is 18.4 Å². The smallest absolute Gasteiger partial charge is 0.0479 e. The van der Waals surface area contributed by atoms with Gasteiger partial charge in [-0.15, -0.1) is 0 Å². The first kappa shape index (κ1) is 7.53. The van der Waals surface area contributed by atoms with Crippen LogP contribution in [-0.2, 0) is 0 Å². The Morgan fingerprint density at radius 2 is 2.36 bits per heavy atom. The Kier molecular flexibility index (Phi) is 1.87. The van der Waals surface area contributed by atoms with E-state index in [0.717, 1.165) is 6.67 Å². The van der Waals surface area contributed by atoms with Crippen molar-refractivity contribution >= 4 is 0 Å². The van der Waals surface area contributed by atoms with Gasteiger partial charge in [0.2, 0.25) is 0 Å². The monoisotopic (exact) mass is 155 g/mol. The van der Waals surface area contributed by atoms with E-state index in [9.17, 15) is 0 Å². The summed E-state index contributed by atoms with van der Waals surface area (Å²) in [6, 6.07) is 0. The van der Waals surface area contributed by atoms with Gasteiger partial charge in [-0.1, -0.05) is 0 Å². The van der Waals surface area contributed by atoms with Gasteiger partial charge in [0.15, 0.2) is 0 Å². The number of nitrogens with one attached hydrogen (secondary N) is 2. The lowest BCUT2D eigenvalue weighted by atomic mass is 10.2. The lowest BCUT2D eigenvalue weighted by Crippen LogP contribution is -2.54. The average molecular weight is 155 g/mol. The van der Waals surface area contributed by atoms with Crippen LogP contribution in [0.5, 0.6) is 0 Å². The van der Waals surface area contributed by atoms with Gasteiger partial charge in [-0.25, -0.2) is 0 Å². The van der Waals surface area contributed by atoms with Gasteiger partial charge in [0.05, 0.1) is 0 Å². The van der Waals surface area contributed by atoms with Crippen LogP contribution < -0.4 is 10.6 Å². The second-order valence-corrected chi connectivity index (χ2v) is 3.77. The molecular weight excluding hydrogens is 138 g/mol. The van der Waals surface area contributed by atoms with E-state index >= 15 is 0 Å². The molecule has 0 aromatic rings. The van der Waals surface area contributed by atoms with Crippen LogP contribution in [0.3, 0.4) is 0 Å². The van der Waals surface area contributed by atoms with Gasteiger partial charge in [0.25, 0.3) is 0 Å². The van der Waals surface area contributed by atoms with Crippen molar-refractivity contribution < 1.29 is 0 Å². The molecule has 1 saturated carbocycles. The van der Waals surface area contributed by atoms with Gasteiger partial charge in [0.1, 0.15) is 0 Å². The van der Waals surface area contributed by atoms with Crippen LogP contribution >= 0.6 is 0 Å². The number of rotatable bonds is 2. The molecule has 0 bridgehead atoms. The van der Waals surface area contributed by atoms with E-state index in [1.807, 2.05) is 7.05 Å². The number of piperazine rings is 1. The highest BCUT2D eigenvalue weighted by Gasteiger charge is 2.45. The zero-order valence-corrected chi connectivity index (χ0v) is 7.19. The minimum atomic E-state index is 0.537. The fraction of sp³-hybridized carbons (Fsp3) is 1.00. The molecule has 1 aliphatic heterocycles. The van der Waals surface area contributed by atoms with E-state index in [0.29, 0.717) is 5.54 Å². The molecule has 0 amide bonds. The van der Waals surface area contributed by atoms with Crippen LogP contribution in [0.2, 0.25) is 0 Å². The Morgan fingerprint density at radius 1 is 1.55 bits per heavy atom. The molecule has 1 heterocycles. The maximum atomic E-state index is 3.59. The third kappa shape index (κ3) is 1.55. The highest BCUT2D eigenvalue weighted by atomic mass is 15.3. The molecule has 11 heavy (non-hydrogen) atoms. The van der Waals surface area contributed by atoms with Crippen LogP contribution in [0.1, 0.15) is 12.8 Å². The summed E-state index contributed by atoms with van der Waals surface area (Å²) in [6.45, 7) is 4.65. The molecule has 0 radical (unpaired) electrons. The normalized spacial score (nSPS) is 29.2. The molecule has 3 heteroatoms. The Balaban J connectivity index is 1.83. The van der Waals surface area contributed by atoms with E-state index in [4.69, 9.17) is 0 Å². The molecule has 0 aromatic heterocycles. The predicted octanol–water partition coefficient (Wildman–Crippen LogP) is -0.399. The topological polar surface area (TPSA) is 27.3 Å². The lowest BCUT2D eigenvalue weighted by Gasteiger charge is -2.33. The SMILES string of the molecule is CNCN1CCNC2(CC2)C1. The first-order valence-corrected chi connectivity index (χ1v) is 4.47. The summed E-state index contributed by atoms with van der Waals surface area (Å²) >= 11 is 0. The molecule has 1 saturated heterocycles. The number of hydrogen-bond donors (Lipinski definition) is 2. The van der Waals surface area contributed by atoms with Gasteiger partial charge in [0, 0.05) is 31.8 Å². The largest absolute Gasteiger partial charge is 0.309 e. The molecule has 2 aliphatic rings. The zero-order chi connectivity index (χ0) is 7.73. The molecule has 3 nitrogen and oxygen atoms in total. The van der Waals surface area contributed by atoms with Crippen molar-refractivity contribution in [1.29, 1.82) is 0 Å². The van der Waals surface area contributed by atoms with E-state index in [1.54, 1.807) is 0 Å². The van der Waals surface area contributed by atoms with Crippen molar-refractivity contribution in [3.63, 3.8) is 0 Å². The summed E-state index contributed by atoms with van der Waals surface area (Å²) in [5.74, 6) is 0. The third-order valence-corrected chi connectivity index (χ3v) is 2.69. The summed E-state index contributed by atoms with van der Waals surface area (Å²) in [6.07, 6.45) is 2.76. The van der Waals surface area contributed by atoms with Crippen molar-refractivity contribution in [1.82, 2.24) is 15.5 Å². The van der Waals surface area contributed by atoms with Crippen LogP contribution in [0.25, 0.3) is 0 Å². The average Bonchev–Trinajstić information content (AvgIpc) is 2.70. The minimum absolute atomic E-state index is 0.537. The molecule has 2 N–H and O–H groups in total. The summed E-state index contributed by atoms with van der Waals surface area (Å²) < 4.78 is 0. The molecule has 1 spiro atoms. The van der Waals surface area contributed by atoms with Crippen molar-refractivity contribution in [2.24, 2.45) is 0 Å². The van der Waals surface area contributed by atoms with Gasteiger partial charge in [-0.05, 0) is 19.9 Å². The molecule has 64 valence electrons. The molecule has 2 rings (SSSR count). The van der Waals surface area contributed by atoms with Gasteiger partial charge in [-0.2, -0.15) is 0 Å². The Hall–Kier alpha value is -0.120. The third-order valence-electron chi connectivity index (χ3n) is 2.69. The zero-order valence-electron chi connectivity index (χ0n) is 7.19. The maximum absolute atomic E-state index is 3.59. The second-order valence-electron chi connectivity index (χ2n) is 3.77. The summed E-state index contributed by atoms with van der Waals surface area (Å²) in [5, 5.41) is 6.79. The molecule has 0 aromatic carbocycles. The first-order valence-electron chi connectivity index (χ1n) is 4.47. The van der Waals surface area contributed by atoms with Crippen LogP contribution in [-0.4, -0.2) is 43.8 Å². The molecule has 0 atom stereocenters. The number of nitrogens with zero attached hydrogens (tertiary/aromatic N) is 1. The van der Waals surface area contributed by atoms with Crippen molar-refractivity contribution in [3.8, 4) is 0 Å². The van der Waals surface area contributed by atoms with Gasteiger partial charge in [-0.3, -0.25) is 4.90 Å². The van der Waals surface area contributed by atoms with Crippen LogP contribution in [0, 0.1) is 0 Å². The fourth-order valence-electron chi connectivity index (χ4n) is 1.89. The van der Waals surface area contributed by atoms with Crippen molar-refractivity contribution in [2.75, 3.05) is 33.4 Å². The van der Waals surface area contributed by atoms with E-state index < -0.39 is 0 Å². The van der Waals surface area contributed by atoms with E-state index in [1.165, 1.54) is 32.5 Å². The molecular formula is C8H17N3. The lowest BCUT2D eigenvalue weighted by molar-refractivity contribution is 0.181. The van der Waals surface area contributed by atoms with Gasteiger partial charge < -0.3 is 10.6 Å². The summed E-state index contributed by atoms with van der Waals surface area (Å²) in [7, 11) is 2.02. The number of hydrogen-bond acceptors (Lipinski definition) is 3. The highest BCUT2D eigenvalue weighted by Crippen LogP contribution is 2.37.